The van der Waals surface area contributed by atoms with E-state index in [1.165, 1.54) is 6.33 Å². The van der Waals surface area contributed by atoms with Crippen LogP contribution in [0.1, 0.15) is 37.8 Å². The highest BCUT2D eigenvalue weighted by Crippen LogP contribution is 2.04. The molecule has 1 atom stereocenters. The maximum atomic E-state index is 11.8. The van der Waals surface area contributed by atoms with Gasteiger partial charge in [0.25, 0.3) is 0 Å². The van der Waals surface area contributed by atoms with Crippen LogP contribution in [0.4, 0.5) is 0 Å². The maximum Gasteiger partial charge on any atom is 0.321 e. The van der Waals surface area contributed by atoms with Crippen molar-refractivity contribution in [2.24, 2.45) is 5.73 Å². The van der Waals surface area contributed by atoms with Crippen molar-refractivity contribution in [2.75, 3.05) is 19.6 Å². The van der Waals surface area contributed by atoms with Crippen molar-refractivity contribution in [3.05, 3.63) is 18.2 Å². The molecule has 0 aliphatic heterocycles. The first-order valence-corrected chi connectivity index (χ1v) is 10.3. The number of hydrogen-bond donors (Lipinski definition) is 5. The number of aryl methyl sites for hydroxylation is 1. The Morgan fingerprint density at radius 2 is 1.61 bits per heavy atom. The first-order valence-electron chi connectivity index (χ1n) is 10.3. The van der Waals surface area contributed by atoms with Gasteiger partial charge in [0, 0.05) is 44.8 Å². The van der Waals surface area contributed by atoms with E-state index in [9.17, 15) is 33.9 Å². The van der Waals surface area contributed by atoms with E-state index in [1.54, 1.807) is 10.8 Å². The van der Waals surface area contributed by atoms with Gasteiger partial charge in [-0.15, -0.1) is 0 Å². The number of carbonyl (C=O) groups is 6. The van der Waals surface area contributed by atoms with E-state index in [4.69, 9.17) is 10.8 Å². The number of Topliss-reactive ketones (excluding diaryl/α,β-unsaturated/α-hetero) is 3. The van der Waals surface area contributed by atoms with Crippen LogP contribution in [0.25, 0.3) is 0 Å². The van der Waals surface area contributed by atoms with Crippen LogP contribution in [0.5, 0.6) is 0 Å². The summed E-state index contributed by atoms with van der Waals surface area (Å²) in [6.45, 7) is -0.468. The minimum absolute atomic E-state index is 0.0217. The van der Waals surface area contributed by atoms with E-state index >= 15 is 0 Å². The Morgan fingerprint density at radius 1 is 0.939 bits per heavy atom. The molecule has 13 heteroatoms. The molecule has 13 nitrogen and oxygen atoms in total. The molecule has 0 saturated heterocycles. The van der Waals surface area contributed by atoms with Crippen LogP contribution >= 0.6 is 0 Å². The van der Waals surface area contributed by atoms with Crippen LogP contribution < -0.4 is 16.4 Å². The van der Waals surface area contributed by atoms with Gasteiger partial charge < -0.3 is 25.8 Å². The third kappa shape index (κ3) is 12.2. The van der Waals surface area contributed by atoms with Crippen LogP contribution in [0.2, 0.25) is 0 Å². The van der Waals surface area contributed by atoms with Crippen LogP contribution in [-0.2, 0) is 41.7 Å². The number of aromatic nitrogens is 2. The van der Waals surface area contributed by atoms with Gasteiger partial charge in [0.15, 0.2) is 5.78 Å². The average Bonchev–Trinajstić information content (AvgIpc) is 3.22. The average molecular weight is 467 g/mol. The van der Waals surface area contributed by atoms with Gasteiger partial charge in [0.2, 0.25) is 5.91 Å². The van der Waals surface area contributed by atoms with Crippen molar-refractivity contribution < 1.29 is 39.0 Å². The molecule has 0 bridgehead atoms. The van der Waals surface area contributed by atoms with Crippen molar-refractivity contribution in [3.63, 3.8) is 0 Å². The third-order valence-corrected chi connectivity index (χ3v) is 4.57. The van der Waals surface area contributed by atoms with Gasteiger partial charge in [0.05, 0.1) is 38.1 Å². The molecule has 1 rings (SSSR count). The van der Waals surface area contributed by atoms with Gasteiger partial charge in [-0.2, -0.15) is 0 Å². The lowest BCUT2D eigenvalue weighted by atomic mass is 10.1. The zero-order chi connectivity index (χ0) is 24.8. The summed E-state index contributed by atoms with van der Waals surface area (Å²) in [6, 6.07) is -1.12. The number of ketones is 3. The lowest BCUT2D eigenvalue weighted by molar-refractivity contribution is -0.139. The summed E-state index contributed by atoms with van der Waals surface area (Å²) >= 11 is 0. The van der Waals surface area contributed by atoms with Gasteiger partial charge >= 0.3 is 11.9 Å². The molecule has 1 heterocycles. The molecule has 0 radical (unpaired) electrons. The zero-order valence-corrected chi connectivity index (χ0v) is 18.1. The van der Waals surface area contributed by atoms with Crippen molar-refractivity contribution in [2.45, 2.75) is 51.1 Å². The van der Waals surface area contributed by atoms with Crippen LogP contribution in [0.15, 0.2) is 12.5 Å². The van der Waals surface area contributed by atoms with Gasteiger partial charge in [-0.1, -0.05) is 0 Å². The Hall–Kier alpha value is -3.45. The normalized spacial score (nSPS) is 11.5. The minimum Gasteiger partial charge on any atom is -0.481 e. The molecule has 0 spiro atoms. The van der Waals surface area contributed by atoms with Crippen molar-refractivity contribution in [3.8, 4) is 0 Å². The molecule has 1 aromatic rings. The summed E-state index contributed by atoms with van der Waals surface area (Å²) in [5.41, 5.74) is 5.63. The zero-order valence-electron chi connectivity index (χ0n) is 18.1. The van der Waals surface area contributed by atoms with Gasteiger partial charge in [-0.05, 0) is 0 Å². The fraction of sp³-hybridized carbons (Fsp3) is 0.550. The van der Waals surface area contributed by atoms with E-state index in [1.807, 2.05) is 0 Å². The maximum absolute atomic E-state index is 11.8. The second-order valence-corrected chi connectivity index (χ2v) is 7.32. The minimum atomic E-state index is -1.20. The first-order chi connectivity index (χ1) is 15.6. The topological polar surface area (TPSA) is 211 Å². The molecule has 0 saturated carbocycles. The number of amides is 1. The fourth-order valence-electron chi connectivity index (χ4n) is 2.66. The summed E-state index contributed by atoms with van der Waals surface area (Å²) < 4.78 is 1.63. The number of nitrogens with zero attached hydrogens (tertiary/aromatic N) is 2. The van der Waals surface area contributed by atoms with Gasteiger partial charge in [-0.25, -0.2) is 4.98 Å². The van der Waals surface area contributed by atoms with Crippen LogP contribution in [-0.4, -0.2) is 80.6 Å². The Balaban J connectivity index is 2.43. The molecule has 182 valence electrons. The third-order valence-electron chi connectivity index (χ3n) is 4.57. The van der Waals surface area contributed by atoms with Crippen molar-refractivity contribution >= 4 is 35.2 Å². The Kier molecular flexibility index (Phi) is 12.2. The number of nitrogens with two attached hydrogens (primary N) is 1. The predicted molar refractivity (Wildman–Crippen MR) is 113 cm³/mol. The molecule has 6 N–H and O–H groups in total. The number of carboxylic acid groups (broad SMARTS) is 2. The first kappa shape index (κ1) is 27.6. The lowest BCUT2D eigenvalue weighted by Crippen LogP contribution is -2.45. The predicted octanol–water partition coefficient (Wildman–Crippen LogP) is -1.71. The lowest BCUT2D eigenvalue weighted by Gasteiger charge is -2.13. The number of aliphatic carboxylic acids is 2. The SMILES string of the molecule is NCC(=O)CCC(=O)CCn1cnc(CC(NCC(=O)NCC(=O)CCC(=O)O)C(=O)O)c1. The largest absolute Gasteiger partial charge is 0.481 e. The molecule has 0 aliphatic rings. The van der Waals surface area contributed by atoms with Gasteiger partial charge in [-0.3, -0.25) is 34.1 Å². The quantitative estimate of drug-likeness (QED) is 0.164. The molecule has 1 unspecified atom stereocenters. The fourth-order valence-corrected chi connectivity index (χ4v) is 2.66. The Morgan fingerprint density at radius 3 is 2.24 bits per heavy atom. The molecule has 33 heavy (non-hydrogen) atoms. The van der Waals surface area contributed by atoms with E-state index < -0.39 is 29.7 Å². The van der Waals surface area contributed by atoms with E-state index in [-0.39, 0.29) is 69.7 Å². The summed E-state index contributed by atoms with van der Waals surface area (Å²) in [7, 11) is 0. The molecule has 0 aliphatic carbocycles. The molecular formula is C20H29N5O8. The summed E-state index contributed by atoms with van der Waals surface area (Å²) in [4.78, 5) is 72.3. The highest BCUT2D eigenvalue weighted by molar-refractivity contribution is 5.88. The number of nitrogens with one attached hydrogen (secondary N) is 2. The highest BCUT2D eigenvalue weighted by atomic mass is 16.4. The smallest absolute Gasteiger partial charge is 0.321 e. The highest BCUT2D eigenvalue weighted by Gasteiger charge is 2.20. The van der Waals surface area contributed by atoms with E-state index in [2.05, 4.69) is 15.6 Å². The molecule has 0 fully saturated rings. The summed E-state index contributed by atoms with van der Waals surface area (Å²) in [6.07, 6.45) is 2.92. The molecular weight excluding hydrogens is 438 g/mol. The number of rotatable bonds is 18. The summed E-state index contributed by atoms with van der Waals surface area (Å²) in [5, 5.41) is 22.8. The molecule has 1 aromatic heterocycles. The van der Waals surface area contributed by atoms with E-state index in [0.29, 0.717) is 12.2 Å². The van der Waals surface area contributed by atoms with Crippen LogP contribution in [0, 0.1) is 0 Å². The molecule has 1 amide bonds. The van der Waals surface area contributed by atoms with Crippen molar-refractivity contribution in [1.82, 2.24) is 20.2 Å². The van der Waals surface area contributed by atoms with Gasteiger partial charge in [0.1, 0.15) is 17.6 Å². The monoisotopic (exact) mass is 467 g/mol. The Bertz CT molecular complexity index is 866. The molecule has 0 aromatic carbocycles. The van der Waals surface area contributed by atoms with Crippen molar-refractivity contribution in [1.29, 1.82) is 0 Å². The number of carbonyl (C=O) groups excluding carboxylic acids is 4. The number of hydrogen-bond acceptors (Lipinski definition) is 9. The van der Waals surface area contributed by atoms with E-state index in [0.717, 1.165) is 0 Å². The summed E-state index contributed by atoms with van der Waals surface area (Å²) in [5.74, 6) is -3.65. The Labute approximate surface area is 189 Å². The second-order valence-electron chi connectivity index (χ2n) is 7.32. The number of carboxylic acids is 2. The van der Waals surface area contributed by atoms with Crippen LogP contribution in [0.3, 0.4) is 0 Å². The second kappa shape index (κ2) is 14.6. The standard InChI is InChI=1S/C20H29N5O8/c21-8-15(27)2-1-14(26)5-6-25-11-13(24-12-25)7-17(20(32)33)22-10-18(29)23-9-16(28)3-4-19(30)31/h11-12,17,22H,1-10,21H2,(H,23,29)(H,30,31)(H,32,33). The number of imidazole rings is 1.